The maximum absolute atomic E-state index is 13.9. The quantitative estimate of drug-likeness (QED) is 0.102. The van der Waals surface area contributed by atoms with E-state index in [2.05, 4.69) is 46.7 Å². The van der Waals surface area contributed by atoms with E-state index in [9.17, 15) is 19.2 Å². The van der Waals surface area contributed by atoms with Crippen LogP contribution in [-0.2, 0) is 19.1 Å². The maximum Gasteiger partial charge on any atom is 0.407 e. The number of amides is 4. The third kappa shape index (κ3) is 8.75. The van der Waals surface area contributed by atoms with Crippen LogP contribution in [0.1, 0.15) is 60.5 Å². The van der Waals surface area contributed by atoms with Crippen LogP contribution in [0.3, 0.4) is 0 Å². The van der Waals surface area contributed by atoms with E-state index in [0.717, 1.165) is 35.4 Å². The van der Waals surface area contributed by atoms with Crippen molar-refractivity contribution in [3.63, 3.8) is 0 Å². The molecule has 4 amide bonds. The highest BCUT2D eigenvalue weighted by atomic mass is 16.5. The number of imidazole rings is 1. The van der Waals surface area contributed by atoms with E-state index < -0.39 is 36.2 Å². The van der Waals surface area contributed by atoms with Crippen molar-refractivity contribution in [3.05, 3.63) is 132 Å². The van der Waals surface area contributed by atoms with Gasteiger partial charge in [0.15, 0.2) is 0 Å². The Labute approximate surface area is 334 Å². The fourth-order valence-electron chi connectivity index (χ4n) is 7.11. The molecule has 0 spiro atoms. The highest BCUT2D eigenvalue weighted by Crippen LogP contribution is 2.29. The molecule has 2 aliphatic heterocycles. The van der Waals surface area contributed by atoms with Gasteiger partial charge in [-0.1, -0.05) is 84.9 Å². The van der Waals surface area contributed by atoms with Crippen LogP contribution in [0.15, 0.2) is 109 Å². The summed E-state index contributed by atoms with van der Waals surface area (Å²) in [6, 6.07) is 27.1. The van der Waals surface area contributed by atoms with Crippen LogP contribution < -0.4 is 26.6 Å². The van der Waals surface area contributed by atoms with Gasteiger partial charge >= 0.3 is 12.2 Å². The van der Waals surface area contributed by atoms with Gasteiger partial charge in [-0.25, -0.2) is 14.6 Å². The van der Waals surface area contributed by atoms with Gasteiger partial charge in [-0.15, -0.1) is 10.2 Å². The van der Waals surface area contributed by atoms with Gasteiger partial charge in [0.1, 0.15) is 29.8 Å². The number of likely N-dealkylation sites (tertiary alicyclic amines) is 1. The number of nitrogens with one attached hydrogen (secondary N) is 6. The fourth-order valence-corrected chi connectivity index (χ4v) is 7.11. The normalized spacial score (nSPS) is 17.4. The first-order valence-electron chi connectivity index (χ1n) is 18.8. The van der Waals surface area contributed by atoms with Gasteiger partial charge < -0.3 is 45.9 Å². The minimum Gasteiger partial charge on any atom is -0.453 e. The van der Waals surface area contributed by atoms with Gasteiger partial charge in [0.05, 0.1) is 49.6 Å². The van der Waals surface area contributed by atoms with Gasteiger partial charge in [0.25, 0.3) is 0 Å². The smallest absolute Gasteiger partial charge is 0.407 e. The lowest BCUT2D eigenvalue weighted by Gasteiger charge is -2.33. The molecule has 2 aromatic heterocycles. The molecule has 16 nitrogen and oxygen atoms in total. The van der Waals surface area contributed by atoms with Crippen molar-refractivity contribution in [1.29, 1.82) is 0 Å². The first-order chi connectivity index (χ1) is 28.2. The van der Waals surface area contributed by atoms with E-state index in [0.29, 0.717) is 34.9 Å². The molecule has 5 aromatic rings. The van der Waals surface area contributed by atoms with E-state index in [-0.39, 0.29) is 18.1 Å². The van der Waals surface area contributed by atoms with Crippen molar-refractivity contribution in [2.45, 2.75) is 50.1 Å². The van der Waals surface area contributed by atoms with Crippen molar-refractivity contribution in [1.82, 2.24) is 51.6 Å². The predicted octanol–water partition coefficient (Wildman–Crippen LogP) is 4.71. The zero-order valence-corrected chi connectivity index (χ0v) is 32.1. The molecule has 5 atom stereocenters. The molecule has 0 aliphatic carbocycles. The lowest BCUT2D eigenvalue weighted by Crippen LogP contribution is -2.54. The number of hydrogen-bond acceptors (Lipinski definition) is 11. The summed E-state index contributed by atoms with van der Waals surface area (Å²) in [6.45, 7) is 2.36. The average molecular weight is 785 g/mol. The Bertz CT molecular complexity index is 2250. The second kappa shape index (κ2) is 17.7. The number of aromatic nitrogens is 4. The zero-order valence-electron chi connectivity index (χ0n) is 32.1. The molecule has 4 heterocycles. The Morgan fingerprint density at radius 3 is 2.00 bits per heavy atom. The number of benzene rings is 3. The Balaban J connectivity index is 0.958. The molecule has 16 heteroatoms. The topological polar surface area (TPSA) is 205 Å². The van der Waals surface area contributed by atoms with Crippen molar-refractivity contribution < 1.29 is 28.7 Å². The first-order valence-corrected chi connectivity index (χ1v) is 18.8. The highest BCUT2D eigenvalue weighted by Gasteiger charge is 2.40. The number of aromatic amines is 1. The molecule has 298 valence electrons. The number of rotatable bonds is 12. The molecule has 1 saturated heterocycles. The first kappa shape index (κ1) is 39.0. The van der Waals surface area contributed by atoms with Crippen LogP contribution >= 0.6 is 0 Å². The van der Waals surface area contributed by atoms with E-state index in [1.807, 2.05) is 83.9 Å². The Kier molecular flexibility index (Phi) is 11.9. The summed E-state index contributed by atoms with van der Waals surface area (Å²) >= 11 is 0. The zero-order chi connectivity index (χ0) is 40.6. The standard InChI is InChI=1S/C42H44N10O6/c1-25(45-39(53)35(48-41(55)57-2)28-11-6-4-7-12-28)37-43-23-32(46-37)27-18-16-26(17-19-27)30-20-21-31(51-50-30)33-24-44-38(47-33)34-15-10-22-52(34)40(54)36(49-42(56)58-3)29-13-8-5-9-14-29/h4-9,11-14,16-21,23-25,34-36,38,44,47H,10,15,22H2,1-3H3,(H,43,46)(H,45,53)(H,48,55)(H,49,56)/t25-,34-,35+,36+,38?/m0/s1. The molecule has 6 N–H and O–H groups in total. The van der Waals surface area contributed by atoms with Crippen LogP contribution in [0, 0.1) is 0 Å². The van der Waals surface area contributed by atoms with Crippen molar-refractivity contribution in [2.75, 3.05) is 20.8 Å². The second-order valence-electron chi connectivity index (χ2n) is 13.8. The van der Waals surface area contributed by atoms with Gasteiger partial charge in [-0.3, -0.25) is 9.59 Å². The number of nitrogens with zero attached hydrogens (tertiary/aromatic N) is 4. The van der Waals surface area contributed by atoms with Crippen LogP contribution in [0.4, 0.5) is 9.59 Å². The van der Waals surface area contributed by atoms with Crippen molar-refractivity contribution in [3.8, 4) is 22.5 Å². The molecule has 0 saturated carbocycles. The van der Waals surface area contributed by atoms with E-state index in [4.69, 9.17) is 9.47 Å². The predicted molar refractivity (Wildman–Crippen MR) is 214 cm³/mol. The Morgan fingerprint density at radius 1 is 0.759 bits per heavy atom. The van der Waals surface area contributed by atoms with Gasteiger partial charge in [0, 0.05) is 18.3 Å². The molecule has 1 fully saturated rings. The number of hydrogen-bond donors (Lipinski definition) is 6. The average Bonchev–Trinajstić information content (AvgIpc) is 4.07. The summed E-state index contributed by atoms with van der Waals surface area (Å²) in [4.78, 5) is 60.9. The molecule has 2 aliphatic rings. The summed E-state index contributed by atoms with van der Waals surface area (Å²) in [7, 11) is 2.52. The minimum absolute atomic E-state index is 0.173. The van der Waals surface area contributed by atoms with E-state index in [1.54, 1.807) is 37.4 Å². The number of H-pyrrole nitrogens is 1. The van der Waals surface area contributed by atoms with Crippen LogP contribution in [-0.4, -0.2) is 82.0 Å². The van der Waals surface area contributed by atoms with Crippen molar-refractivity contribution in [2.24, 2.45) is 0 Å². The van der Waals surface area contributed by atoms with E-state index >= 15 is 0 Å². The van der Waals surface area contributed by atoms with Gasteiger partial charge in [-0.05, 0) is 48.6 Å². The number of carbonyl (C=O) groups excluding carboxylic acids is 4. The summed E-state index contributed by atoms with van der Waals surface area (Å²) in [6.07, 6.45) is 3.49. The molecule has 0 bridgehead atoms. The van der Waals surface area contributed by atoms with Crippen molar-refractivity contribution >= 4 is 29.7 Å². The fraction of sp³-hybridized carbons (Fsp3) is 0.262. The molecular formula is C42H44N10O6. The molecule has 58 heavy (non-hydrogen) atoms. The van der Waals surface area contributed by atoms with Crippen LogP contribution in [0.2, 0.25) is 0 Å². The summed E-state index contributed by atoms with van der Waals surface area (Å²) in [5.41, 5.74) is 5.88. The lowest BCUT2D eigenvalue weighted by atomic mass is 10.0. The number of alkyl carbamates (subject to hydrolysis) is 2. The lowest BCUT2D eigenvalue weighted by molar-refractivity contribution is -0.135. The largest absolute Gasteiger partial charge is 0.453 e. The second-order valence-corrected chi connectivity index (χ2v) is 13.8. The molecular weight excluding hydrogens is 741 g/mol. The van der Waals surface area contributed by atoms with E-state index in [1.165, 1.54) is 14.2 Å². The Morgan fingerprint density at radius 2 is 1.36 bits per heavy atom. The maximum atomic E-state index is 13.9. The third-order valence-corrected chi connectivity index (χ3v) is 10.2. The van der Waals surface area contributed by atoms with Gasteiger partial charge in [0.2, 0.25) is 11.8 Å². The van der Waals surface area contributed by atoms with Crippen LogP contribution in [0.25, 0.3) is 28.2 Å². The highest BCUT2D eigenvalue weighted by molar-refractivity contribution is 5.88. The van der Waals surface area contributed by atoms with Crippen LogP contribution in [0.5, 0.6) is 0 Å². The number of ether oxygens (including phenoxy) is 2. The molecule has 0 radical (unpaired) electrons. The monoisotopic (exact) mass is 784 g/mol. The minimum atomic E-state index is -0.951. The number of carbonyl (C=O) groups is 4. The summed E-state index contributed by atoms with van der Waals surface area (Å²) in [5, 5.41) is 24.1. The third-order valence-electron chi connectivity index (χ3n) is 10.2. The Hall–Kier alpha value is -7.23. The molecule has 7 rings (SSSR count). The molecule has 3 aromatic carbocycles. The number of methoxy groups -OCH3 is 2. The van der Waals surface area contributed by atoms with Gasteiger partial charge in [-0.2, -0.15) is 0 Å². The SMILES string of the molecule is COC(=O)N[C@@H](C(=O)N[C@@H](C)c1ncc(-c2ccc(-c3ccc(C4=CNC([C@@H]5CCCN5C(=O)[C@H](NC(=O)OC)c5ccccc5)N4)nn3)cc2)[nH]1)c1ccccc1. The summed E-state index contributed by atoms with van der Waals surface area (Å²) in [5.74, 6) is -0.0726. The molecule has 1 unspecified atom stereocenters. The summed E-state index contributed by atoms with van der Waals surface area (Å²) < 4.78 is 9.54.